The second kappa shape index (κ2) is 3.15. The summed E-state index contributed by atoms with van der Waals surface area (Å²) in [5, 5.41) is 9.77. The highest BCUT2D eigenvalue weighted by atomic mass is 32.1. The molecule has 0 bridgehead atoms. The summed E-state index contributed by atoms with van der Waals surface area (Å²) in [6, 6.07) is 0. The molecule has 0 aromatic carbocycles. The monoisotopic (exact) mass is 183 g/mol. The molecule has 0 aliphatic heterocycles. The average molecular weight is 183 g/mol. The SMILES string of the molecule is Cc1ncsc1C(O)CC1CC1. The first kappa shape index (κ1) is 8.20. The normalized spacial score (nSPS) is 19.5. The fourth-order valence-electron chi connectivity index (χ4n) is 1.41. The van der Waals surface area contributed by atoms with E-state index < -0.39 is 0 Å². The molecule has 1 N–H and O–H groups in total. The molecule has 1 heterocycles. The third-order valence-corrected chi connectivity index (χ3v) is 3.37. The van der Waals surface area contributed by atoms with Gasteiger partial charge in [-0.25, -0.2) is 4.98 Å². The Labute approximate surface area is 76.3 Å². The Kier molecular flexibility index (Phi) is 2.15. The maximum absolute atomic E-state index is 9.77. The van der Waals surface area contributed by atoms with Crippen molar-refractivity contribution in [3.8, 4) is 0 Å². The van der Waals surface area contributed by atoms with Crippen molar-refractivity contribution in [2.75, 3.05) is 0 Å². The molecular formula is C9H13NOS. The molecule has 1 aliphatic rings. The molecule has 1 atom stereocenters. The van der Waals surface area contributed by atoms with Crippen molar-refractivity contribution >= 4 is 11.3 Å². The average Bonchev–Trinajstić information content (AvgIpc) is 2.72. The third-order valence-electron chi connectivity index (χ3n) is 2.34. The van der Waals surface area contributed by atoms with Crippen LogP contribution in [0.3, 0.4) is 0 Å². The van der Waals surface area contributed by atoms with Gasteiger partial charge in [-0.1, -0.05) is 12.8 Å². The van der Waals surface area contributed by atoms with Gasteiger partial charge in [0.25, 0.3) is 0 Å². The highest BCUT2D eigenvalue weighted by Gasteiger charge is 2.26. The molecule has 1 unspecified atom stereocenters. The van der Waals surface area contributed by atoms with Gasteiger partial charge in [-0.2, -0.15) is 0 Å². The maximum Gasteiger partial charge on any atom is 0.0903 e. The Balaban J connectivity index is 2.02. The second-order valence-electron chi connectivity index (χ2n) is 3.50. The summed E-state index contributed by atoms with van der Waals surface area (Å²) < 4.78 is 0. The molecule has 1 fully saturated rings. The zero-order chi connectivity index (χ0) is 8.55. The van der Waals surface area contributed by atoms with Gasteiger partial charge >= 0.3 is 0 Å². The Hall–Kier alpha value is -0.410. The lowest BCUT2D eigenvalue weighted by Crippen LogP contribution is -1.97. The van der Waals surface area contributed by atoms with Crippen LogP contribution in [-0.4, -0.2) is 10.1 Å². The number of aliphatic hydroxyl groups excluding tert-OH is 1. The number of rotatable bonds is 3. The molecule has 2 rings (SSSR count). The highest BCUT2D eigenvalue weighted by Crippen LogP contribution is 2.38. The quantitative estimate of drug-likeness (QED) is 0.780. The van der Waals surface area contributed by atoms with Crippen LogP contribution in [0.15, 0.2) is 5.51 Å². The molecule has 0 saturated heterocycles. The standard InChI is InChI=1S/C9H13NOS/c1-6-9(12-5-10-6)8(11)4-7-2-3-7/h5,7-8,11H,2-4H2,1H3. The number of aromatic nitrogens is 1. The lowest BCUT2D eigenvalue weighted by atomic mass is 10.1. The minimum Gasteiger partial charge on any atom is -0.387 e. The van der Waals surface area contributed by atoms with E-state index in [0.717, 1.165) is 22.9 Å². The lowest BCUT2D eigenvalue weighted by Gasteiger charge is -2.07. The first-order valence-corrected chi connectivity index (χ1v) is 5.23. The largest absolute Gasteiger partial charge is 0.387 e. The van der Waals surface area contributed by atoms with Crippen molar-refractivity contribution < 1.29 is 5.11 Å². The molecule has 3 heteroatoms. The molecule has 2 nitrogen and oxygen atoms in total. The van der Waals surface area contributed by atoms with E-state index in [2.05, 4.69) is 4.98 Å². The number of hydrogen-bond donors (Lipinski definition) is 1. The molecule has 66 valence electrons. The Bertz CT molecular complexity index is 267. The summed E-state index contributed by atoms with van der Waals surface area (Å²) >= 11 is 1.57. The fourth-order valence-corrected chi connectivity index (χ4v) is 2.21. The van der Waals surface area contributed by atoms with Crippen LogP contribution >= 0.6 is 11.3 Å². The van der Waals surface area contributed by atoms with Crippen LogP contribution in [0.5, 0.6) is 0 Å². The number of aliphatic hydroxyl groups is 1. The molecule has 0 spiro atoms. The molecule has 1 saturated carbocycles. The summed E-state index contributed by atoms with van der Waals surface area (Å²) in [6.07, 6.45) is 3.28. The van der Waals surface area contributed by atoms with Gasteiger partial charge in [0.1, 0.15) is 0 Å². The van der Waals surface area contributed by atoms with Gasteiger partial charge in [-0.3, -0.25) is 0 Å². The van der Waals surface area contributed by atoms with E-state index in [4.69, 9.17) is 0 Å². The summed E-state index contributed by atoms with van der Waals surface area (Å²) in [7, 11) is 0. The molecule has 12 heavy (non-hydrogen) atoms. The fraction of sp³-hybridized carbons (Fsp3) is 0.667. The zero-order valence-electron chi connectivity index (χ0n) is 7.16. The van der Waals surface area contributed by atoms with Gasteiger partial charge in [0, 0.05) is 0 Å². The predicted molar refractivity (Wildman–Crippen MR) is 49.2 cm³/mol. The predicted octanol–water partition coefficient (Wildman–Crippen LogP) is 2.29. The van der Waals surface area contributed by atoms with E-state index >= 15 is 0 Å². The number of hydrogen-bond acceptors (Lipinski definition) is 3. The van der Waals surface area contributed by atoms with Crippen LogP contribution < -0.4 is 0 Å². The minimum absolute atomic E-state index is 0.259. The highest BCUT2D eigenvalue weighted by molar-refractivity contribution is 7.09. The molecule has 1 aliphatic carbocycles. The summed E-state index contributed by atoms with van der Waals surface area (Å²) in [5.74, 6) is 0.779. The van der Waals surface area contributed by atoms with Crippen LogP contribution in [0, 0.1) is 12.8 Å². The van der Waals surface area contributed by atoms with Gasteiger partial charge in [0.05, 0.1) is 22.2 Å². The van der Waals surface area contributed by atoms with E-state index in [1.807, 2.05) is 6.92 Å². The van der Waals surface area contributed by atoms with Crippen molar-refractivity contribution in [3.05, 3.63) is 16.1 Å². The van der Waals surface area contributed by atoms with E-state index in [1.54, 1.807) is 16.8 Å². The second-order valence-corrected chi connectivity index (χ2v) is 4.38. The van der Waals surface area contributed by atoms with Gasteiger partial charge in [-0.05, 0) is 19.3 Å². The number of thiazole rings is 1. The van der Waals surface area contributed by atoms with Crippen LogP contribution in [-0.2, 0) is 0 Å². The molecule has 1 aromatic heterocycles. The first-order valence-electron chi connectivity index (χ1n) is 4.35. The summed E-state index contributed by atoms with van der Waals surface area (Å²) in [5.41, 5.74) is 2.80. The van der Waals surface area contributed by atoms with Gasteiger partial charge in [-0.15, -0.1) is 11.3 Å². The van der Waals surface area contributed by atoms with Crippen molar-refractivity contribution in [2.45, 2.75) is 32.3 Å². The van der Waals surface area contributed by atoms with Crippen LogP contribution in [0.25, 0.3) is 0 Å². The minimum atomic E-state index is -0.259. The Morgan fingerprint density at radius 1 is 1.75 bits per heavy atom. The molecule has 0 amide bonds. The molecule has 1 aromatic rings. The van der Waals surface area contributed by atoms with Gasteiger partial charge in [0.2, 0.25) is 0 Å². The van der Waals surface area contributed by atoms with E-state index in [0.29, 0.717) is 0 Å². The van der Waals surface area contributed by atoms with Gasteiger partial charge in [0.15, 0.2) is 0 Å². The van der Waals surface area contributed by atoms with Gasteiger partial charge < -0.3 is 5.11 Å². The van der Waals surface area contributed by atoms with Crippen LogP contribution in [0.1, 0.15) is 35.9 Å². The lowest BCUT2D eigenvalue weighted by molar-refractivity contribution is 0.163. The number of nitrogens with zero attached hydrogens (tertiary/aromatic N) is 1. The Morgan fingerprint density at radius 2 is 2.50 bits per heavy atom. The summed E-state index contributed by atoms with van der Waals surface area (Å²) in [4.78, 5) is 5.18. The zero-order valence-corrected chi connectivity index (χ0v) is 7.97. The van der Waals surface area contributed by atoms with E-state index in [1.165, 1.54) is 12.8 Å². The van der Waals surface area contributed by atoms with Crippen molar-refractivity contribution in [1.82, 2.24) is 4.98 Å². The smallest absolute Gasteiger partial charge is 0.0903 e. The third kappa shape index (κ3) is 1.67. The van der Waals surface area contributed by atoms with Crippen LogP contribution in [0.2, 0.25) is 0 Å². The Morgan fingerprint density at radius 3 is 3.00 bits per heavy atom. The van der Waals surface area contributed by atoms with Crippen molar-refractivity contribution in [2.24, 2.45) is 5.92 Å². The number of aryl methyl sites for hydroxylation is 1. The van der Waals surface area contributed by atoms with Crippen LogP contribution in [0.4, 0.5) is 0 Å². The maximum atomic E-state index is 9.77. The molecule has 0 radical (unpaired) electrons. The topological polar surface area (TPSA) is 33.1 Å². The molecular weight excluding hydrogens is 170 g/mol. The van der Waals surface area contributed by atoms with E-state index in [9.17, 15) is 5.11 Å². The van der Waals surface area contributed by atoms with Crippen molar-refractivity contribution in [1.29, 1.82) is 0 Å². The van der Waals surface area contributed by atoms with Crippen molar-refractivity contribution in [3.63, 3.8) is 0 Å². The summed E-state index contributed by atoms with van der Waals surface area (Å²) in [6.45, 7) is 1.96. The van der Waals surface area contributed by atoms with E-state index in [-0.39, 0.29) is 6.10 Å². The first-order chi connectivity index (χ1) is 5.77.